The Kier molecular flexibility index (Phi) is 5.62. The summed E-state index contributed by atoms with van der Waals surface area (Å²) >= 11 is 0. The smallest absolute Gasteiger partial charge is 0.268 e. The van der Waals surface area contributed by atoms with Gasteiger partial charge in [0, 0.05) is 41.4 Å². The van der Waals surface area contributed by atoms with Gasteiger partial charge in [-0.15, -0.1) is 0 Å². The molecule has 7 nitrogen and oxygen atoms in total. The number of ketones is 1. The van der Waals surface area contributed by atoms with Crippen molar-refractivity contribution in [2.24, 2.45) is 11.3 Å². The quantitative estimate of drug-likeness (QED) is 0.329. The van der Waals surface area contributed by atoms with E-state index in [9.17, 15) is 21.6 Å². The number of carbonyl (C=O) groups excluding carboxylic acids is 1. The molecule has 9 heteroatoms. The normalized spacial score (nSPS) is 26.1. The van der Waals surface area contributed by atoms with Gasteiger partial charge in [-0.05, 0) is 68.7 Å². The van der Waals surface area contributed by atoms with Crippen molar-refractivity contribution >= 4 is 36.7 Å². The van der Waals surface area contributed by atoms with E-state index >= 15 is 0 Å². The molecule has 2 heterocycles. The van der Waals surface area contributed by atoms with Crippen LogP contribution in [0.25, 0.3) is 10.9 Å². The Balaban J connectivity index is 1.45. The van der Waals surface area contributed by atoms with Crippen molar-refractivity contribution in [2.45, 2.75) is 41.9 Å². The van der Waals surface area contributed by atoms with Gasteiger partial charge in [0.05, 0.1) is 15.3 Å². The Morgan fingerprint density at radius 3 is 2.07 bits per heavy atom. The first-order chi connectivity index (χ1) is 19.5. The highest BCUT2D eigenvalue weighted by Gasteiger charge is 2.79. The van der Waals surface area contributed by atoms with Crippen molar-refractivity contribution in [1.29, 1.82) is 0 Å². The van der Waals surface area contributed by atoms with Gasteiger partial charge in [-0.3, -0.25) is 4.79 Å². The van der Waals surface area contributed by atoms with E-state index in [0.29, 0.717) is 17.6 Å². The molecule has 1 saturated carbocycles. The van der Waals surface area contributed by atoms with Crippen LogP contribution in [0.3, 0.4) is 0 Å². The van der Waals surface area contributed by atoms with Gasteiger partial charge in [-0.25, -0.2) is 20.8 Å². The largest absolute Gasteiger partial charge is 0.295 e. The first kappa shape index (κ1) is 26.4. The molecule has 2 aliphatic carbocycles. The van der Waals surface area contributed by atoms with Crippen LogP contribution in [0.15, 0.2) is 101 Å². The van der Waals surface area contributed by atoms with E-state index in [1.54, 1.807) is 66.7 Å². The molecule has 3 atom stereocenters. The number of allylic oxidation sites excluding steroid dienone is 2. The third kappa shape index (κ3) is 3.62. The topological polar surface area (TPSA) is 93.5 Å². The molecule has 0 bridgehead atoms. The van der Waals surface area contributed by atoms with Gasteiger partial charge in [0.2, 0.25) is 10.0 Å². The minimum absolute atomic E-state index is 0.0219. The lowest BCUT2D eigenvalue weighted by molar-refractivity contribution is -0.115. The van der Waals surface area contributed by atoms with Crippen LogP contribution in [-0.2, 0) is 30.3 Å². The molecule has 1 saturated heterocycles. The number of aromatic nitrogens is 1. The van der Waals surface area contributed by atoms with Gasteiger partial charge in [-0.2, -0.15) is 4.31 Å². The van der Waals surface area contributed by atoms with E-state index in [-0.39, 0.29) is 41.0 Å². The van der Waals surface area contributed by atoms with Gasteiger partial charge in [0.15, 0.2) is 5.78 Å². The lowest BCUT2D eigenvalue weighted by atomic mass is 9.83. The Morgan fingerprint density at radius 1 is 0.805 bits per heavy atom. The Labute approximate surface area is 240 Å². The molecule has 4 aromatic rings. The number of piperidine rings is 1. The van der Waals surface area contributed by atoms with Crippen LogP contribution in [0.5, 0.6) is 0 Å². The molecule has 1 aromatic heterocycles. The molecule has 0 unspecified atom stereocenters. The average molecular weight is 587 g/mol. The number of aryl methyl sites for hydroxylation is 2. The summed E-state index contributed by atoms with van der Waals surface area (Å²) in [5.41, 5.74) is 1.58. The average Bonchev–Trinajstić information content (AvgIpc) is 3.34. The summed E-state index contributed by atoms with van der Waals surface area (Å²) in [5.74, 6) is -0.228. The summed E-state index contributed by atoms with van der Waals surface area (Å²) in [4.78, 5) is 13.1. The molecule has 41 heavy (non-hydrogen) atoms. The van der Waals surface area contributed by atoms with E-state index in [1.807, 2.05) is 38.1 Å². The maximum absolute atomic E-state index is 14.4. The van der Waals surface area contributed by atoms with Gasteiger partial charge in [-0.1, -0.05) is 59.7 Å². The first-order valence-corrected chi connectivity index (χ1v) is 16.6. The zero-order valence-electron chi connectivity index (χ0n) is 22.8. The van der Waals surface area contributed by atoms with Gasteiger partial charge >= 0.3 is 0 Å². The maximum Gasteiger partial charge on any atom is 0.268 e. The van der Waals surface area contributed by atoms with Crippen LogP contribution >= 0.6 is 0 Å². The van der Waals surface area contributed by atoms with Crippen molar-refractivity contribution in [3.63, 3.8) is 0 Å². The van der Waals surface area contributed by atoms with E-state index in [2.05, 4.69) is 0 Å². The van der Waals surface area contributed by atoms with Crippen LogP contribution in [0.2, 0.25) is 0 Å². The van der Waals surface area contributed by atoms with Gasteiger partial charge < -0.3 is 0 Å². The molecule has 0 radical (unpaired) electrons. The number of rotatable bonds is 5. The van der Waals surface area contributed by atoms with Crippen LogP contribution in [0.1, 0.15) is 29.7 Å². The summed E-state index contributed by atoms with van der Waals surface area (Å²) in [5, 5.41) is 0.750. The molecule has 210 valence electrons. The second kappa shape index (κ2) is 8.74. The number of hydrogen-bond acceptors (Lipinski definition) is 5. The molecule has 3 aromatic carbocycles. The zero-order chi connectivity index (χ0) is 28.8. The van der Waals surface area contributed by atoms with Crippen molar-refractivity contribution < 1.29 is 21.6 Å². The summed E-state index contributed by atoms with van der Waals surface area (Å²) in [6, 6.07) is 22.8. The molecule has 0 N–H and O–H groups in total. The second-order valence-corrected chi connectivity index (χ2v) is 15.4. The monoisotopic (exact) mass is 586 g/mol. The summed E-state index contributed by atoms with van der Waals surface area (Å²) in [6.45, 7) is 4.18. The predicted octanol–water partition coefficient (Wildman–Crippen LogP) is 4.97. The highest BCUT2D eigenvalue weighted by atomic mass is 32.2. The third-order valence-corrected chi connectivity index (χ3v) is 13.1. The number of carbonyl (C=O) groups is 1. The molecule has 3 aliphatic rings. The Hall–Kier alpha value is -3.53. The van der Waals surface area contributed by atoms with E-state index in [4.69, 9.17) is 0 Å². The van der Waals surface area contributed by atoms with Crippen molar-refractivity contribution in [2.75, 3.05) is 13.1 Å². The molecule has 0 amide bonds. The zero-order valence-corrected chi connectivity index (χ0v) is 24.5. The molecular weight excluding hydrogens is 556 g/mol. The molecule has 2 fully saturated rings. The van der Waals surface area contributed by atoms with Gasteiger partial charge in [0.1, 0.15) is 0 Å². The molecule has 1 aliphatic heterocycles. The molecule has 7 rings (SSSR count). The third-order valence-electron chi connectivity index (χ3n) is 9.48. The standard InChI is InChI=1S/C32H30N2O5S2/c1-22-7-11-26(12-8-22)40(36,37)33-18-17-31-16-15-25(35)20-29(31)32(31,21-33)30-19-24-5-3-4-6-28(24)34(30)41(38,39)27-13-9-23(2)10-14-27/h3-16,19,29H,17-18,20-21H2,1-2H3/t29-,31-,32+/m1/s1. The lowest BCUT2D eigenvalue weighted by Gasteiger charge is -2.36. The van der Waals surface area contributed by atoms with Crippen LogP contribution in [0.4, 0.5) is 0 Å². The van der Waals surface area contributed by atoms with Crippen molar-refractivity contribution in [3.05, 3.63) is 108 Å². The number of fused-ring (bicyclic) bond motifs is 2. The maximum atomic E-state index is 14.4. The summed E-state index contributed by atoms with van der Waals surface area (Å²) in [6.07, 6.45) is 4.28. The van der Waals surface area contributed by atoms with Crippen molar-refractivity contribution in [1.82, 2.24) is 8.28 Å². The highest BCUT2D eigenvalue weighted by Crippen LogP contribution is 2.77. The van der Waals surface area contributed by atoms with Crippen LogP contribution < -0.4 is 0 Å². The van der Waals surface area contributed by atoms with Crippen LogP contribution in [-0.4, -0.2) is 44.0 Å². The minimum atomic E-state index is -4.06. The number of hydrogen-bond donors (Lipinski definition) is 0. The first-order valence-electron chi connectivity index (χ1n) is 13.7. The SMILES string of the molecule is Cc1ccc(S(=O)(=O)N2CC[C@]34C=CC(=O)C[C@H]3[C@]4(c3cc4ccccc4n3S(=O)(=O)c3ccc(C)cc3)C2)cc1. The Bertz CT molecular complexity index is 1980. The number of benzene rings is 3. The minimum Gasteiger partial charge on any atom is -0.295 e. The summed E-state index contributed by atoms with van der Waals surface area (Å²) < 4.78 is 59.5. The second-order valence-electron chi connectivity index (χ2n) is 11.6. The number of para-hydroxylation sites is 1. The Morgan fingerprint density at radius 2 is 1.41 bits per heavy atom. The fourth-order valence-electron chi connectivity index (χ4n) is 7.33. The van der Waals surface area contributed by atoms with E-state index in [0.717, 1.165) is 16.5 Å². The van der Waals surface area contributed by atoms with Crippen LogP contribution in [0, 0.1) is 25.2 Å². The highest BCUT2D eigenvalue weighted by molar-refractivity contribution is 7.90. The molecular formula is C32H30N2O5S2. The predicted molar refractivity (Wildman–Crippen MR) is 157 cm³/mol. The fourth-order valence-corrected chi connectivity index (χ4v) is 10.4. The van der Waals surface area contributed by atoms with Crippen molar-refractivity contribution in [3.8, 4) is 0 Å². The van der Waals surface area contributed by atoms with E-state index < -0.39 is 30.9 Å². The van der Waals surface area contributed by atoms with Gasteiger partial charge in [0.25, 0.3) is 10.0 Å². The number of sulfonamides is 1. The van der Waals surface area contributed by atoms with E-state index in [1.165, 1.54) is 8.28 Å². The molecule has 1 spiro atoms. The number of nitrogens with zero attached hydrogens (tertiary/aromatic N) is 2. The fraction of sp³-hybridized carbons (Fsp3) is 0.281. The summed E-state index contributed by atoms with van der Waals surface area (Å²) in [7, 11) is -7.92. The lowest BCUT2D eigenvalue weighted by Crippen LogP contribution is -2.46.